The molecule has 0 aliphatic carbocycles. The van der Waals surface area contributed by atoms with Gasteiger partial charge in [0.05, 0.1) is 12.5 Å². The first-order valence-electron chi connectivity index (χ1n) is 5.39. The van der Waals surface area contributed by atoms with Crippen LogP contribution in [0, 0.1) is 11.3 Å². The lowest BCUT2D eigenvalue weighted by Gasteiger charge is -2.36. The first-order valence-corrected chi connectivity index (χ1v) is 7.44. The molecule has 0 spiro atoms. The highest BCUT2D eigenvalue weighted by Gasteiger charge is 2.41. The van der Waals surface area contributed by atoms with Crippen molar-refractivity contribution >= 4 is 56.7 Å². The van der Waals surface area contributed by atoms with Gasteiger partial charge in [-0.1, -0.05) is 71.5 Å². The molecule has 0 N–H and O–H groups in total. The minimum absolute atomic E-state index is 0.0955. The lowest BCUT2D eigenvalue weighted by atomic mass is 9.76. The summed E-state index contributed by atoms with van der Waals surface area (Å²) in [4.78, 5) is 11.6. The third-order valence-electron chi connectivity index (χ3n) is 2.97. The van der Waals surface area contributed by atoms with Gasteiger partial charge in [-0.25, -0.2) is 0 Å². The summed E-state index contributed by atoms with van der Waals surface area (Å²) < 4.78 is 3.68. The van der Waals surface area contributed by atoms with Crippen LogP contribution in [0.25, 0.3) is 0 Å². The van der Waals surface area contributed by atoms with E-state index in [1.807, 2.05) is 20.8 Å². The zero-order chi connectivity index (χ0) is 13.9. The molecule has 0 aromatic carbocycles. The molecule has 0 rings (SSSR count). The maximum atomic E-state index is 11.7. The zero-order valence-corrected chi connectivity index (χ0v) is 14.3. The number of alkyl halides is 4. The van der Waals surface area contributed by atoms with E-state index < -0.39 is 3.79 Å². The summed E-state index contributed by atoms with van der Waals surface area (Å²) >= 11 is 20.8. The molecule has 2 atom stereocenters. The molecule has 0 aliphatic rings. The van der Waals surface area contributed by atoms with Gasteiger partial charge in [0.15, 0.2) is 3.79 Å². The molecule has 0 heterocycles. The van der Waals surface area contributed by atoms with Gasteiger partial charge >= 0.3 is 5.97 Å². The minimum atomic E-state index is -1.33. The molecule has 0 aromatic rings. The van der Waals surface area contributed by atoms with Crippen molar-refractivity contribution in [2.24, 2.45) is 11.3 Å². The third kappa shape index (κ3) is 6.00. The predicted molar refractivity (Wildman–Crippen MR) is 77.2 cm³/mol. The molecule has 0 fully saturated rings. The minimum Gasteiger partial charge on any atom is -0.466 e. The van der Waals surface area contributed by atoms with Crippen LogP contribution in [0.1, 0.15) is 34.1 Å². The highest BCUT2D eigenvalue weighted by atomic mass is 79.9. The third-order valence-corrected chi connectivity index (χ3v) is 4.94. The summed E-state index contributed by atoms with van der Waals surface area (Å²) in [5, 5.41) is 0. The van der Waals surface area contributed by atoms with Crippen LogP contribution in [0.2, 0.25) is 0 Å². The van der Waals surface area contributed by atoms with Gasteiger partial charge in [-0.15, -0.1) is 0 Å². The van der Waals surface area contributed by atoms with Crippen LogP contribution in [-0.4, -0.2) is 21.2 Å². The Bertz CT molecular complexity index is 264. The van der Waals surface area contributed by atoms with E-state index in [4.69, 9.17) is 39.5 Å². The maximum Gasteiger partial charge on any atom is 0.309 e. The summed E-state index contributed by atoms with van der Waals surface area (Å²) in [5.74, 6) is -0.509. The molecule has 102 valence electrons. The van der Waals surface area contributed by atoms with Gasteiger partial charge in [0.2, 0.25) is 0 Å². The summed E-state index contributed by atoms with van der Waals surface area (Å²) in [6.45, 7) is 7.88. The van der Waals surface area contributed by atoms with Crippen molar-refractivity contribution in [1.82, 2.24) is 0 Å². The highest BCUT2D eigenvalue weighted by molar-refractivity contribution is 9.09. The van der Waals surface area contributed by atoms with Gasteiger partial charge in [0.25, 0.3) is 0 Å². The Labute approximate surface area is 126 Å². The monoisotopic (exact) mass is 366 g/mol. The van der Waals surface area contributed by atoms with Crippen molar-refractivity contribution in [3.8, 4) is 0 Å². The van der Waals surface area contributed by atoms with Crippen LogP contribution in [-0.2, 0) is 9.53 Å². The Morgan fingerprint density at radius 3 is 2.18 bits per heavy atom. The van der Waals surface area contributed by atoms with Crippen molar-refractivity contribution < 1.29 is 9.53 Å². The molecular formula is C11H18BrCl3O2. The van der Waals surface area contributed by atoms with E-state index in [1.54, 1.807) is 6.92 Å². The maximum absolute atomic E-state index is 11.7. The van der Waals surface area contributed by atoms with E-state index in [-0.39, 0.29) is 22.1 Å². The van der Waals surface area contributed by atoms with Gasteiger partial charge in [-0.3, -0.25) is 4.79 Å². The second-order valence-corrected chi connectivity index (χ2v) is 8.20. The predicted octanol–water partition coefficient (Wildman–Crippen LogP) is 4.74. The van der Waals surface area contributed by atoms with E-state index >= 15 is 0 Å². The number of rotatable bonds is 5. The fourth-order valence-electron chi connectivity index (χ4n) is 1.31. The Morgan fingerprint density at radius 2 is 1.82 bits per heavy atom. The summed E-state index contributed by atoms with van der Waals surface area (Å²) in [7, 11) is 0. The molecule has 0 bridgehead atoms. The largest absolute Gasteiger partial charge is 0.466 e. The van der Waals surface area contributed by atoms with Crippen molar-refractivity contribution in [1.29, 1.82) is 0 Å². The van der Waals surface area contributed by atoms with Gasteiger partial charge in [-0.2, -0.15) is 0 Å². The van der Waals surface area contributed by atoms with Gasteiger partial charge in [0, 0.05) is 11.2 Å². The van der Waals surface area contributed by atoms with Crippen molar-refractivity contribution in [2.75, 3.05) is 6.61 Å². The second kappa shape index (κ2) is 6.83. The van der Waals surface area contributed by atoms with Crippen LogP contribution in [0.5, 0.6) is 0 Å². The van der Waals surface area contributed by atoms with Crippen molar-refractivity contribution in [2.45, 2.75) is 42.7 Å². The lowest BCUT2D eigenvalue weighted by molar-refractivity contribution is -0.151. The first kappa shape index (κ1) is 17.8. The first-order chi connectivity index (χ1) is 7.52. The van der Waals surface area contributed by atoms with Crippen LogP contribution < -0.4 is 0 Å². The fraction of sp³-hybridized carbons (Fsp3) is 0.909. The molecule has 0 aliphatic heterocycles. The van der Waals surface area contributed by atoms with Gasteiger partial charge in [0.1, 0.15) is 0 Å². The Balaban J connectivity index is 4.69. The number of hydrogen-bond donors (Lipinski definition) is 0. The van der Waals surface area contributed by atoms with E-state index in [9.17, 15) is 4.79 Å². The number of hydrogen-bond acceptors (Lipinski definition) is 2. The number of esters is 1. The Kier molecular flexibility index (Phi) is 7.16. The number of ether oxygens (including phenoxy) is 1. The molecule has 0 saturated heterocycles. The van der Waals surface area contributed by atoms with E-state index in [1.165, 1.54) is 0 Å². The van der Waals surface area contributed by atoms with Crippen LogP contribution in [0.4, 0.5) is 0 Å². The summed E-state index contributed by atoms with van der Waals surface area (Å²) in [5.41, 5.74) is -0.365. The topological polar surface area (TPSA) is 26.3 Å². The van der Waals surface area contributed by atoms with Crippen LogP contribution in [0.3, 0.4) is 0 Å². The SMILES string of the molecule is CCOC(=O)C(C)C(C)(C)C(Br)CC(Cl)(Cl)Cl. The lowest BCUT2D eigenvalue weighted by Crippen LogP contribution is -2.38. The normalized spacial score (nSPS) is 16.5. The molecule has 2 nitrogen and oxygen atoms in total. The molecule has 0 radical (unpaired) electrons. The zero-order valence-electron chi connectivity index (χ0n) is 10.4. The van der Waals surface area contributed by atoms with Crippen LogP contribution in [0.15, 0.2) is 0 Å². The quantitative estimate of drug-likeness (QED) is 0.518. The average Bonchev–Trinajstić information content (AvgIpc) is 2.14. The second-order valence-electron chi connectivity index (χ2n) is 4.58. The van der Waals surface area contributed by atoms with Crippen LogP contribution >= 0.6 is 50.7 Å². The van der Waals surface area contributed by atoms with Gasteiger partial charge in [-0.05, 0) is 12.3 Å². The standard InChI is InChI=1S/C11H18BrCl3O2/c1-5-17-9(16)7(2)10(3,4)8(12)6-11(13,14)15/h7-8H,5-6H2,1-4H3. The Hall–Kier alpha value is 0.820. The van der Waals surface area contributed by atoms with Crippen molar-refractivity contribution in [3.05, 3.63) is 0 Å². The fourth-order valence-corrected chi connectivity index (χ4v) is 3.21. The van der Waals surface area contributed by atoms with E-state index in [2.05, 4.69) is 15.9 Å². The highest BCUT2D eigenvalue weighted by Crippen LogP contribution is 2.43. The van der Waals surface area contributed by atoms with Crippen molar-refractivity contribution in [3.63, 3.8) is 0 Å². The smallest absolute Gasteiger partial charge is 0.309 e. The summed E-state index contributed by atoms with van der Waals surface area (Å²) in [6.07, 6.45) is 0.328. The molecule has 17 heavy (non-hydrogen) atoms. The number of carbonyl (C=O) groups is 1. The Morgan fingerprint density at radius 1 is 1.35 bits per heavy atom. The molecule has 0 aromatic heterocycles. The molecule has 0 saturated carbocycles. The summed E-state index contributed by atoms with van der Waals surface area (Å²) in [6, 6.07) is 0. The number of carbonyl (C=O) groups excluding carboxylic acids is 1. The molecule has 6 heteroatoms. The van der Waals surface area contributed by atoms with E-state index in [0.29, 0.717) is 13.0 Å². The molecular weight excluding hydrogens is 350 g/mol. The van der Waals surface area contributed by atoms with E-state index in [0.717, 1.165) is 0 Å². The molecule has 0 amide bonds. The molecule has 2 unspecified atom stereocenters. The van der Waals surface area contributed by atoms with Gasteiger partial charge < -0.3 is 4.74 Å². The number of halogens is 4. The average molecular weight is 369 g/mol.